The Labute approximate surface area is 120 Å². The van der Waals surface area contributed by atoms with Crippen LogP contribution in [0.15, 0.2) is 24.3 Å². The molecule has 4 heteroatoms. The van der Waals surface area contributed by atoms with Gasteiger partial charge in [0.1, 0.15) is 0 Å². The van der Waals surface area contributed by atoms with E-state index >= 15 is 0 Å². The molecule has 2 amide bonds. The van der Waals surface area contributed by atoms with Crippen LogP contribution in [0.3, 0.4) is 0 Å². The van der Waals surface area contributed by atoms with Gasteiger partial charge in [-0.05, 0) is 43.0 Å². The van der Waals surface area contributed by atoms with Gasteiger partial charge in [0.25, 0.3) is 5.91 Å². The first-order valence-corrected chi connectivity index (χ1v) is 7.13. The largest absolute Gasteiger partial charge is 0.341 e. The van der Waals surface area contributed by atoms with Gasteiger partial charge < -0.3 is 10.2 Å². The Bertz CT molecular complexity index is 490. The molecule has 0 atom stereocenters. The number of nitrogens with one attached hydrogen (secondary N) is 1. The van der Waals surface area contributed by atoms with Crippen LogP contribution >= 0.6 is 0 Å². The van der Waals surface area contributed by atoms with Gasteiger partial charge in [-0.3, -0.25) is 9.59 Å². The van der Waals surface area contributed by atoms with Crippen molar-refractivity contribution in [3.05, 3.63) is 29.8 Å². The molecule has 0 radical (unpaired) electrons. The van der Waals surface area contributed by atoms with Crippen molar-refractivity contribution in [1.29, 1.82) is 0 Å². The maximum absolute atomic E-state index is 12.2. The van der Waals surface area contributed by atoms with Crippen LogP contribution in [-0.2, 0) is 4.79 Å². The summed E-state index contributed by atoms with van der Waals surface area (Å²) in [7, 11) is 1.81. The molecule has 108 valence electrons. The average molecular weight is 274 g/mol. The lowest BCUT2D eigenvalue weighted by atomic mass is 10.1. The van der Waals surface area contributed by atoms with Crippen LogP contribution in [0.4, 0.5) is 5.69 Å². The van der Waals surface area contributed by atoms with Crippen molar-refractivity contribution < 1.29 is 9.59 Å². The number of carbonyl (C=O) groups excluding carboxylic acids is 2. The molecule has 0 unspecified atom stereocenters. The minimum absolute atomic E-state index is 0.0127. The summed E-state index contributed by atoms with van der Waals surface area (Å²) in [6.45, 7) is 4.90. The van der Waals surface area contributed by atoms with Crippen LogP contribution in [0, 0.1) is 11.8 Å². The first kappa shape index (κ1) is 14.6. The molecule has 1 aliphatic rings. The quantitative estimate of drug-likeness (QED) is 0.897. The minimum Gasteiger partial charge on any atom is -0.341 e. The summed E-state index contributed by atoms with van der Waals surface area (Å²) in [6, 6.07) is 7.11. The Morgan fingerprint density at radius 2 is 1.85 bits per heavy atom. The lowest BCUT2D eigenvalue weighted by Crippen LogP contribution is -2.30. The van der Waals surface area contributed by atoms with E-state index < -0.39 is 0 Å². The van der Waals surface area contributed by atoms with Crippen molar-refractivity contribution in [3.63, 3.8) is 0 Å². The molecule has 0 aliphatic heterocycles. The van der Waals surface area contributed by atoms with E-state index in [1.165, 1.54) is 0 Å². The predicted octanol–water partition coefficient (Wildman–Crippen LogP) is 2.76. The maximum Gasteiger partial charge on any atom is 0.253 e. The second-order valence-electron chi connectivity index (χ2n) is 5.92. The Balaban J connectivity index is 1.96. The van der Waals surface area contributed by atoms with E-state index in [0.29, 0.717) is 11.5 Å². The summed E-state index contributed by atoms with van der Waals surface area (Å²) in [5.74, 6) is 0.731. The van der Waals surface area contributed by atoms with Gasteiger partial charge in [-0.15, -0.1) is 0 Å². The molecule has 0 saturated heterocycles. The van der Waals surface area contributed by atoms with E-state index in [1.807, 2.05) is 7.05 Å². The number of anilines is 1. The van der Waals surface area contributed by atoms with Crippen molar-refractivity contribution >= 4 is 17.5 Å². The number of nitrogens with zero attached hydrogens (tertiary/aromatic N) is 1. The molecule has 1 aromatic carbocycles. The van der Waals surface area contributed by atoms with Crippen LogP contribution in [0.5, 0.6) is 0 Å². The van der Waals surface area contributed by atoms with Gasteiger partial charge in [-0.2, -0.15) is 0 Å². The van der Waals surface area contributed by atoms with Gasteiger partial charge in [0.2, 0.25) is 5.91 Å². The second-order valence-corrected chi connectivity index (χ2v) is 5.92. The van der Waals surface area contributed by atoms with Crippen LogP contribution < -0.4 is 5.32 Å². The third-order valence-corrected chi connectivity index (χ3v) is 3.33. The van der Waals surface area contributed by atoms with Crippen molar-refractivity contribution in [1.82, 2.24) is 4.90 Å². The number of carbonyl (C=O) groups is 2. The Morgan fingerprint density at radius 3 is 2.35 bits per heavy atom. The Hall–Kier alpha value is -1.84. The molecule has 20 heavy (non-hydrogen) atoms. The summed E-state index contributed by atoms with van der Waals surface area (Å²) >= 11 is 0. The van der Waals surface area contributed by atoms with Gasteiger partial charge in [-0.1, -0.05) is 13.8 Å². The molecular formula is C16H22N2O2. The molecule has 1 aromatic rings. The van der Waals surface area contributed by atoms with Crippen LogP contribution in [-0.4, -0.2) is 30.3 Å². The van der Waals surface area contributed by atoms with E-state index in [4.69, 9.17) is 0 Å². The molecule has 1 saturated carbocycles. The number of hydrogen-bond acceptors (Lipinski definition) is 2. The fourth-order valence-electron chi connectivity index (χ4n) is 2.14. The number of amides is 2. The maximum atomic E-state index is 12.2. The zero-order valence-electron chi connectivity index (χ0n) is 12.3. The Kier molecular flexibility index (Phi) is 4.42. The molecule has 1 aliphatic carbocycles. The lowest BCUT2D eigenvalue weighted by molar-refractivity contribution is -0.117. The smallest absolute Gasteiger partial charge is 0.253 e. The summed E-state index contributed by atoms with van der Waals surface area (Å²) in [6.07, 6.45) is 1.98. The second kappa shape index (κ2) is 6.07. The SMILES string of the molecule is CC(C)CN(C)C(=O)c1ccc(NC(=O)C2CC2)cc1. The average Bonchev–Trinajstić information content (AvgIpc) is 3.22. The molecule has 4 nitrogen and oxygen atoms in total. The summed E-state index contributed by atoms with van der Waals surface area (Å²) in [4.78, 5) is 25.5. The lowest BCUT2D eigenvalue weighted by Gasteiger charge is -2.19. The zero-order chi connectivity index (χ0) is 14.7. The fourth-order valence-corrected chi connectivity index (χ4v) is 2.14. The van der Waals surface area contributed by atoms with E-state index in [-0.39, 0.29) is 17.7 Å². The van der Waals surface area contributed by atoms with Crippen LogP contribution in [0.1, 0.15) is 37.0 Å². The molecule has 0 bridgehead atoms. The third-order valence-electron chi connectivity index (χ3n) is 3.33. The van der Waals surface area contributed by atoms with E-state index in [9.17, 15) is 9.59 Å². The van der Waals surface area contributed by atoms with Crippen molar-refractivity contribution in [2.24, 2.45) is 11.8 Å². The van der Waals surface area contributed by atoms with E-state index in [0.717, 1.165) is 25.1 Å². The standard InChI is InChI=1S/C16H22N2O2/c1-11(2)10-18(3)16(20)13-6-8-14(9-7-13)17-15(19)12-4-5-12/h6-9,11-12H,4-5,10H2,1-3H3,(H,17,19). The predicted molar refractivity (Wildman–Crippen MR) is 79.6 cm³/mol. The highest BCUT2D eigenvalue weighted by Crippen LogP contribution is 2.30. The molecule has 1 N–H and O–H groups in total. The van der Waals surface area contributed by atoms with Gasteiger partial charge in [0.15, 0.2) is 0 Å². The molecule has 0 heterocycles. The van der Waals surface area contributed by atoms with Crippen LogP contribution in [0.2, 0.25) is 0 Å². The summed E-state index contributed by atoms with van der Waals surface area (Å²) in [5, 5.41) is 2.87. The summed E-state index contributed by atoms with van der Waals surface area (Å²) < 4.78 is 0. The van der Waals surface area contributed by atoms with Crippen molar-refractivity contribution in [2.45, 2.75) is 26.7 Å². The first-order valence-electron chi connectivity index (χ1n) is 7.13. The fraction of sp³-hybridized carbons (Fsp3) is 0.500. The Morgan fingerprint density at radius 1 is 1.25 bits per heavy atom. The van der Waals surface area contributed by atoms with E-state index in [1.54, 1.807) is 29.2 Å². The van der Waals surface area contributed by atoms with Gasteiger partial charge >= 0.3 is 0 Å². The summed E-state index contributed by atoms with van der Waals surface area (Å²) in [5.41, 5.74) is 1.41. The monoisotopic (exact) mass is 274 g/mol. The molecular weight excluding hydrogens is 252 g/mol. The topological polar surface area (TPSA) is 49.4 Å². The minimum atomic E-state index is 0.0127. The molecule has 0 aromatic heterocycles. The number of benzene rings is 1. The van der Waals surface area contributed by atoms with Gasteiger partial charge in [0.05, 0.1) is 0 Å². The number of rotatable bonds is 5. The van der Waals surface area contributed by atoms with Crippen molar-refractivity contribution in [3.8, 4) is 0 Å². The molecule has 2 rings (SSSR count). The highest BCUT2D eigenvalue weighted by Gasteiger charge is 2.29. The van der Waals surface area contributed by atoms with Gasteiger partial charge in [-0.25, -0.2) is 0 Å². The third kappa shape index (κ3) is 3.83. The molecule has 1 fully saturated rings. The molecule has 0 spiro atoms. The highest BCUT2D eigenvalue weighted by molar-refractivity contribution is 5.96. The normalized spacial score (nSPS) is 14.2. The first-order chi connectivity index (χ1) is 9.47. The number of hydrogen-bond donors (Lipinski definition) is 1. The van der Waals surface area contributed by atoms with Gasteiger partial charge in [0, 0.05) is 30.8 Å². The van der Waals surface area contributed by atoms with E-state index in [2.05, 4.69) is 19.2 Å². The van der Waals surface area contributed by atoms with Crippen LogP contribution in [0.25, 0.3) is 0 Å². The highest BCUT2D eigenvalue weighted by atomic mass is 16.2. The van der Waals surface area contributed by atoms with Crippen molar-refractivity contribution in [2.75, 3.05) is 18.9 Å². The zero-order valence-corrected chi connectivity index (χ0v) is 12.3.